The number of anilines is 1. The van der Waals surface area contributed by atoms with Gasteiger partial charge in [0.05, 0.1) is 5.56 Å². The maximum absolute atomic E-state index is 5.56. The Labute approximate surface area is 115 Å². The first-order chi connectivity index (χ1) is 9.85. The molecular formula is C15H14N4O. The van der Waals surface area contributed by atoms with Gasteiger partial charge in [0.2, 0.25) is 0 Å². The molecule has 3 N–H and O–H groups in total. The monoisotopic (exact) mass is 266 g/mol. The maximum atomic E-state index is 5.56. The largest absolute Gasteiger partial charge is 0.464 e. The van der Waals surface area contributed by atoms with Crippen LogP contribution in [0, 0.1) is 0 Å². The molecule has 1 fully saturated rings. The van der Waals surface area contributed by atoms with Crippen molar-refractivity contribution in [2.45, 2.75) is 18.8 Å². The maximum Gasteiger partial charge on any atom is 0.165 e. The highest BCUT2D eigenvalue weighted by Crippen LogP contribution is 2.40. The van der Waals surface area contributed by atoms with Gasteiger partial charge in [0.1, 0.15) is 17.7 Å². The van der Waals surface area contributed by atoms with Crippen LogP contribution in [0.2, 0.25) is 0 Å². The van der Waals surface area contributed by atoms with Crippen LogP contribution in [0.3, 0.4) is 0 Å². The molecule has 0 unspecified atom stereocenters. The molecule has 20 heavy (non-hydrogen) atoms. The molecule has 2 heterocycles. The van der Waals surface area contributed by atoms with Gasteiger partial charge in [-0.1, -0.05) is 18.2 Å². The quantitative estimate of drug-likeness (QED) is 0.562. The fourth-order valence-electron chi connectivity index (χ4n) is 2.40. The van der Waals surface area contributed by atoms with Gasteiger partial charge in [-0.2, -0.15) is 0 Å². The van der Waals surface area contributed by atoms with E-state index in [-0.39, 0.29) is 0 Å². The lowest BCUT2D eigenvalue weighted by Crippen LogP contribution is -2.10. The van der Waals surface area contributed by atoms with E-state index in [1.165, 1.54) is 12.8 Å². The van der Waals surface area contributed by atoms with Gasteiger partial charge in [-0.15, -0.1) is 0 Å². The van der Waals surface area contributed by atoms with Gasteiger partial charge in [-0.25, -0.2) is 15.8 Å². The lowest BCUT2D eigenvalue weighted by molar-refractivity contribution is 0.616. The van der Waals surface area contributed by atoms with Gasteiger partial charge < -0.3 is 9.84 Å². The summed E-state index contributed by atoms with van der Waals surface area (Å²) in [6.45, 7) is 0. The van der Waals surface area contributed by atoms with E-state index in [0.717, 1.165) is 22.2 Å². The Morgan fingerprint density at radius 1 is 1.20 bits per heavy atom. The average molecular weight is 266 g/mol. The lowest BCUT2D eigenvalue weighted by Gasteiger charge is -2.06. The molecule has 5 nitrogen and oxygen atoms in total. The second-order valence-electron chi connectivity index (χ2n) is 5.07. The number of nitrogens with zero attached hydrogens (tertiary/aromatic N) is 2. The molecule has 1 aliphatic carbocycles. The smallest absolute Gasteiger partial charge is 0.165 e. The molecule has 100 valence electrons. The molecule has 3 aromatic rings. The van der Waals surface area contributed by atoms with Crippen molar-refractivity contribution in [2.24, 2.45) is 5.84 Å². The van der Waals surface area contributed by atoms with Crippen LogP contribution < -0.4 is 11.3 Å². The minimum atomic E-state index is 0.544. The van der Waals surface area contributed by atoms with Crippen molar-refractivity contribution in [1.29, 1.82) is 0 Å². The van der Waals surface area contributed by atoms with E-state index >= 15 is 0 Å². The van der Waals surface area contributed by atoms with Crippen LogP contribution >= 0.6 is 0 Å². The van der Waals surface area contributed by atoms with Crippen molar-refractivity contribution in [3.8, 4) is 11.4 Å². The third kappa shape index (κ3) is 1.83. The van der Waals surface area contributed by atoms with Gasteiger partial charge in [-0.05, 0) is 18.9 Å². The zero-order chi connectivity index (χ0) is 13.5. The van der Waals surface area contributed by atoms with Crippen LogP contribution in [0.15, 0.2) is 41.0 Å². The van der Waals surface area contributed by atoms with Gasteiger partial charge in [-0.3, -0.25) is 0 Å². The second-order valence-corrected chi connectivity index (χ2v) is 5.07. The van der Waals surface area contributed by atoms with Crippen molar-refractivity contribution in [3.05, 3.63) is 42.3 Å². The normalized spacial score (nSPS) is 14.7. The molecule has 1 saturated carbocycles. The Kier molecular flexibility index (Phi) is 2.47. The number of nitrogen functional groups attached to an aromatic ring is 1. The minimum Gasteiger partial charge on any atom is -0.464 e. The zero-order valence-electron chi connectivity index (χ0n) is 10.8. The summed E-state index contributed by atoms with van der Waals surface area (Å²) in [5.74, 6) is 7.35. The molecule has 1 aromatic carbocycles. The first kappa shape index (κ1) is 11.4. The fourth-order valence-corrected chi connectivity index (χ4v) is 2.40. The number of nitrogens with one attached hydrogen (secondary N) is 1. The van der Waals surface area contributed by atoms with Crippen LogP contribution in [-0.4, -0.2) is 9.97 Å². The number of nitrogens with two attached hydrogens (primary N) is 1. The molecule has 2 aromatic heterocycles. The molecule has 0 aliphatic heterocycles. The number of hydrogen-bond acceptors (Lipinski definition) is 5. The van der Waals surface area contributed by atoms with E-state index in [4.69, 9.17) is 10.3 Å². The Balaban J connectivity index is 1.90. The van der Waals surface area contributed by atoms with Crippen molar-refractivity contribution in [2.75, 3.05) is 5.43 Å². The molecule has 5 heteroatoms. The van der Waals surface area contributed by atoms with Crippen LogP contribution in [0.4, 0.5) is 5.82 Å². The van der Waals surface area contributed by atoms with Gasteiger partial charge in [0.15, 0.2) is 5.82 Å². The molecule has 0 atom stereocenters. The highest BCUT2D eigenvalue weighted by molar-refractivity contribution is 5.92. The van der Waals surface area contributed by atoms with E-state index in [9.17, 15) is 0 Å². The molecule has 0 saturated heterocycles. The van der Waals surface area contributed by atoms with Crippen LogP contribution in [0.5, 0.6) is 0 Å². The molecular weight excluding hydrogens is 252 g/mol. The Bertz CT molecular complexity index is 776. The molecule has 0 spiro atoms. The van der Waals surface area contributed by atoms with E-state index in [2.05, 4.69) is 15.4 Å². The standard InChI is InChI=1S/C15H14N4O/c16-19-14-7-12(9-5-6-9)17-15(18-14)11-8-20-13-4-2-1-3-10(11)13/h1-4,7-9H,5-6,16H2,(H,17,18,19). The van der Waals surface area contributed by atoms with Crippen molar-refractivity contribution >= 4 is 16.8 Å². The Morgan fingerprint density at radius 3 is 2.85 bits per heavy atom. The second kappa shape index (κ2) is 4.31. The van der Waals surface area contributed by atoms with Crippen LogP contribution in [0.1, 0.15) is 24.5 Å². The van der Waals surface area contributed by atoms with E-state index < -0.39 is 0 Å². The number of benzene rings is 1. The van der Waals surface area contributed by atoms with E-state index in [1.54, 1.807) is 6.26 Å². The highest BCUT2D eigenvalue weighted by Gasteiger charge is 2.26. The predicted molar refractivity (Wildman–Crippen MR) is 77.0 cm³/mol. The lowest BCUT2D eigenvalue weighted by atomic mass is 10.1. The van der Waals surface area contributed by atoms with E-state index in [0.29, 0.717) is 17.6 Å². The van der Waals surface area contributed by atoms with Gasteiger partial charge >= 0.3 is 0 Å². The summed E-state index contributed by atoms with van der Waals surface area (Å²) < 4.78 is 5.56. The molecule has 0 radical (unpaired) electrons. The third-order valence-corrected chi connectivity index (χ3v) is 3.61. The minimum absolute atomic E-state index is 0.544. The summed E-state index contributed by atoms with van der Waals surface area (Å²) >= 11 is 0. The SMILES string of the molecule is NNc1cc(C2CC2)nc(-c2coc3ccccc23)n1. The molecule has 1 aliphatic rings. The summed E-state index contributed by atoms with van der Waals surface area (Å²) in [7, 11) is 0. The first-order valence-corrected chi connectivity index (χ1v) is 6.67. The predicted octanol–water partition coefficient (Wildman–Crippen LogP) is 3.05. The number of para-hydroxylation sites is 1. The number of fused-ring (bicyclic) bond motifs is 1. The summed E-state index contributed by atoms with van der Waals surface area (Å²) in [4.78, 5) is 9.12. The number of furan rings is 1. The van der Waals surface area contributed by atoms with Gasteiger partial charge in [0, 0.05) is 23.1 Å². The highest BCUT2D eigenvalue weighted by atomic mass is 16.3. The number of rotatable bonds is 3. The van der Waals surface area contributed by atoms with Crippen LogP contribution in [0.25, 0.3) is 22.4 Å². The molecule has 0 amide bonds. The molecule has 4 rings (SSSR count). The Morgan fingerprint density at radius 2 is 2.05 bits per heavy atom. The van der Waals surface area contributed by atoms with E-state index in [1.807, 2.05) is 30.3 Å². The number of hydrogen-bond donors (Lipinski definition) is 2. The topological polar surface area (TPSA) is 77.0 Å². The summed E-state index contributed by atoms with van der Waals surface area (Å²) in [5.41, 5.74) is 5.41. The zero-order valence-corrected chi connectivity index (χ0v) is 10.8. The van der Waals surface area contributed by atoms with Gasteiger partial charge in [0.25, 0.3) is 0 Å². The number of aromatic nitrogens is 2. The first-order valence-electron chi connectivity index (χ1n) is 6.67. The summed E-state index contributed by atoms with van der Waals surface area (Å²) in [6.07, 6.45) is 4.08. The summed E-state index contributed by atoms with van der Waals surface area (Å²) in [6, 6.07) is 9.80. The van der Waals surface area contributed by atoms with Crippen molar-refractivity contribution in [3.63, 3.8) is 0 Å². The fraction of sp³-hybridized carbons (Fsp3) is 0.200. The third-order valence-electron chi connectivity index (χ3n) is 3.61. The average Bonchev–Trinajstić information content (AvgIpc) is 3.26. The summed E-state index contributed by atoms with van der Waals surface area (Å²) in [5, 5.41) is 1.02. The Hall–Kier alpha value is -2.40. The van der Waals surface area contributed by atoms with Crippen LogP contribution in [-0.2, 0) is 0 Å². The number of hydrazine groups is 1. The van der Waals surface area contributed by atoms with Crippen molar-refractivity contribution in [1.82, 2.24) is 9.97 Å². The molecule has 0 bridgehead atoms. The van der Waals surface area contributed by atoms with Crippen molar-refractivity contribution < 1.29 is 4.42 Å².